The van der Waals surface area contributed by atoms with Crippen molar-refractivity contribution in [2.24, 2.45) is 0 Å². The lowest BCUT2D eigenvalue weighted by Crippen LogP contribution is -2.29. The van der Waals surface area contributed by atoms with Crippen LogP contribution in [0.25, 0.3) is 5.69 Å². The SMILES string of the molecule is CCOc1ccc(N2C(=S)N[C@H](c3ccccn3)[C@H]2c2cc(C)n(-c3c(C)cc(C)cc3C)c2C)cc1. The van der Waals surface area contributed by atoms with Crippen LogP contribution >= 0.6 is 12.2 Å². The zero-order chi connectivity index (χ0) is 26.3. The van der Waals surface area contributed by atoms with Crippen LogP contribution in [0, 0.1) is 34.6 Å². The molecule has 0 unspecified atom stereocenters. The smallest absolute Gasteiger partial charge is 0.174 e. The van der Waals surface area contributed by atoms with E-state index in [9.17, 15) is 0 Å². The second kappa shape index (κ2) is 10.0. The zero-order valence-corrected chi connectivity index (χ0v) is 23.2. The normalized spacial score (nSPS) is 17.2. The van der Waals surface area contributed by atoms with E-state index >= 15 is 0 Å². The maximum absolute atomic E-state index is 5.94. The van der Waals surface area contributed by atoms with Crippen LogP contribution in [0.5, 0.6) is 5.75 Å². The monoisotopic (exact) mass is 510 g/mol. The Hall–Kier alpha value is -3.64. The summed E-state index contributed by atoms with van der Waals surface area (Å²) in [7, 11) is 0. The summed E-state index contributed by atoms with van der Waals surface area (Å²) in [5.41, 5.74) is 10.7. The van der Waals surface area contributed by atoms with E-state index in [1.165, 1.54) is 39.3 Å². The highest BCUT2D eigenvalue weighted by Gasteiger charge is 2.42. The molecule has 0 amide bonds. The number of aryl methyl sites for hydroxylation is 4. The second-order valence-corrected chi connectivity index (χ2v) is 10.2. The number of hydrogen-bond donors (Lipinski definition) is 1. The minimum atomic E-state index is -0.0885. The van der Waals surface area contributed by atoms with Crippen molar-refractivity contribution in [1.29, 1.82) is 0 Å². The van der Waals surface area contributed by atoms with Gasteiger partial charge in [-0.05, 0) is 113 Å². The van der Waals surface area contributed by atoms with Crippen LogP contribution in [0.15, 0.2) is 66.9 Å². The first-order valence-corrected chi connectivity index (χ1v) is 13.2. The van der Waals surface area contributed by atoms with Crippen molar-refractivity contribution in [1.82, 2.24) is 14.9 Å². The molecule has 2 atom stereocenters. The molecule has 1 saturated heterocycles. The van der Waals surface area contributed by atoms with Crippen molar-refractivity contribution in [2.45, 2.75) is 53.6 Å². The lowest BCUT2D eigenvalue weighted by molar-refractivity contribution is 0.340. The molecule has 3 heterocycles. The Morgan fingerprint density at radius 1 is 0.946 bits per heavy atom. The van der Waals surface area contributed by atoms with E-state index in [4.69, 9.17) is 21.9 Å². The molecule has 1 aliphatic rings. The van der Waals surface area contributed by atoms with Crippen molar-refractivity contribution in [2.75, 3.05) is 11.5 Å². The summed E-state index contributed by atoms with van der Waals surface area (Å²) in [6, 6.07) is 20.9. The maximum Gasteiger partial charge on any atom is 0.174 e. The van der Waals surface area contributed by atoms with Crippen molar-refractivity contribution in [3.63, 3.8) is 0 Å². The fourth-order valence-electron chi connectivity index (χ4n) is 5.77. The van der Waals surface area contributed by atoms with E-state index in [-0.39, 0.29) is 12.1 Å². The van der Waals surface area contributed by atoms with Gasteiger partial charge >= 0.3 is 0 Å². The summed E-state index contributed by atoms with van der Waals surface area (Å²) in [5, 5.41) is 4.28. The number of ether oxygens (including phenoxy) is 1. The largest absolute Gasteiger partial charge is 0.494 e. The molecule has 4 aromatic rings. The lowest BCUT2D eigenvalue weighted by Gasteiger charge is -2.28. The van der Waals surface area contributed by atoms with E-state index in [2.05, 4.69) is 85.8 Å². The number of anilines is 1. The molecule has 0 spiro atoms. The Balaban J connectivity index is 1.67. The molecular weight excluding hydrogens is 476 g/mol. The third-order valence-corrected chi connectivity index (χ3v) is 7.49. The highest BCUT2D eigenvalue weighted by molar-refractivity contribution is 7.80. The van der Waals surface area contributed by atoms with Crippen LogP contribution in [-0.2, 0) is 0 Å². The van der Waals surface area contributed by atoms with Crippen LogP contribution < -0.4 is 15.0 Å². The molecule has 2 aromatic heterocycles. The summed E-state index contributed by atoms with van der Waals surface area (Å²) in [4.78, 5) is 6.94. The predicted molar refractivity (Wildman–Crippen MR) is 155 cm³/mol. The van der Waals surface area contributed by atoms with Crippen LogP contribution in [0.4, 0.5) is 5.69 Å². The number of rotatable bonds is 6. The first-order valence-electron chi connectivity index (χ1n) is 12.8. The molecule has 1 fully saturated rings. The molecular formula is C31H34N4OS. The van der Waals surface area contributed by atoms with Crippen molar-refractivity contribution < 1.29 is 4.74 Å². The lowest BCUT2D eigenvalue weighted by atomic mass is 9.96. The third-order valence-electron chi connectivity index (χ3n) is 7.17. The van der Waals surface area contributed by atoms with Crippen molar-refractivity contribution >= 4 is 23.0 Å². The fraction of sp³-hybridized carbons (Fsp3) is 0.290. The van der Waals surface area contributed by atoms with Crippen molar-refractivity contribution in [3.8, 4) is 11.4 Å². The minimum Gasteiger partial charge on any atom is -0.494 e. The van der Waals surface area contributed by atoms with E-state index in [0.29, 0.717) is 11.7 Å². The highest BCUT2D eigenvalue weighted by atomic mass is 32.1. The second-order valence-electron chi connectivity index (χ2n) is 9.83. The van der Waals surface area contributed by atoms with Gasteiger partial charge in [-0.1, -0.05) is 23.8 Å². The number of aromatic nitrogens is 2. The van der Waals surface area contributed by atoms with Gasteiger partial charge in [-0.25, -0.2) is 0 Å². The van der Waals surface area contributed by atoms with Gasteiger partial charge in [0.25, 0.3) is 0 Å². The number of nitrogens with zero attached hydrogens (tertiary/aromatic N) is 3. The topological polar surface area (TPSA) is 42.3 Å². The maximum atomic E-state index is 5.94. The first-order chi connectivity index (χ1) is 17.8. The van der Waals surface area contributed by atoms with Crippen LogP contribution in [0.1, 0.15) is 58.3 Å². The summed E-state index contributed by atoms with van der Waals surface area (Å²) in [6.45, 7) is 13.6. The van der Waals surface area contributed by atoms with E-state index in [1.54, 1.807) is 0 Å². The molecule has 0 aliphatic carbocycles. The molecule has 0 radical (unpaired) electrons. The molecule has 1 aliphatic heterocycles. The fourth-order valence-corrected chi connectivity index (χ4v) is 6.12. The summed E-state index contributed by atoms with van der Waals surface area (Å²) >= 11 is 5.94. The number of pyridine rings is 1. The molecule has 2 aromatic carbocycles. The minimum absolute atomic E-state index is 0.0636. The van der Waals surface area contributed by atoms with Gasteiger partial charge in [0, 0.05) is 23.3 Å². The molecule has 5 rings (SSSR count). The molecule has 6 heteroatoms. The van der Waals surface area contributed by atoms with E-state index in [0.717, 1.165) is 17.1 Å². The van der Waals surface area contributed by atoms with E-state index < -0.39 is 0 Å². The summed E-state index contributed by atoms with van der Waals surface area (Å²) in [6.07, 6.45) is 1.85. The molecule has 0 saturated carbocycles. The van der Waals surface area contributed by atoms with Gasteiger partial charge in [0.05, 0.1) is 30.1 Å². The average molecular weight is 511 g/mol. The van der Waals surface area contributed by atoms with Gasteiger partial charge in [0.1, 0.15) is 5.75 Å². The average Bonchev–Trinajstić information content (AvgIpc) is 3.36. The number of nitrogens with one attached hydrogen (secondary N) is 1. The van der Waals surface area contributed by atoms with E-state index in [1.807, 2.05) is 37.4 Å². The van der Waals surface area contributed by atoms with Gasteiger partial charge < -0.3 is 19.5 Å². The number of benzene rings is 2. The predicted octanol–water partition coefficient (Wildman–Crippen LogP) is 6.99. The molecule has 0 bridgehead atoms. The van der Waals surface area contributed by atoms with Crippen LogP contribution in [0.2, 0.25) is 0 Å². The van der Waals surface area contributed by atoms with Crippen molar-refractivity contribution in [3.05, 3.63) is 106 Å². The number of hydrogen-bond acceptors (Lipinski definition) is 3. The third kappa shape index (κ3) is 4.51. The first kappa shape index (κ1) is 25.0. The molecule has 37 heavy (non-hydrogen) atoms. The number of thiocarbonyl (C=S) groups is 1. The Morgan fingerprint density at radius 2 is 1.65 bits per heavy atom. The van der Waals surface area contributed by atoms with Gasteiger partial charge in [-0.2, -0.15) is 0 Å². The van der Waals surface area contributed by atoms with Gasteiger partial charge in [-0.15, -0.1) is 0 Å². The molecule has 190 valence electrons. The molecule has 5 nitrogen and oxygen atoms in total. The Bertz CT molecular complexity index is 1420. The van der Waals surface area contributed by atoms with Gasteiger partial charge in [-0.3, -0.25) is 4.98 Å². The quantitative estimate of drug-likeness (QED) is 0.283. The van der Waals surface area contributed by atoms with Gasteiger partial charge in [0.15, 0.2) is 5.11 Å². The van der Waals surface area contributed by atoms with Crippen LogP contribution in [-0.4, -0.2) is 21.3 Å². The summed E-state index contributed by atoms with van der Waals surface area (Å²) < 4.78 is 8.09. The molecule has 1 N–H and O–H groups in total. The Morgan fingerprint density at radius 3 is 2.27 bits per heavy atom. The van der Waals surface area contributed by atoms with Crippen LogP contribution in [0.3, 0.4) is 0 Å². The summed E-state index contributed by atoms with van der Waals surface area (Å²) in [5.74, 6) is 0.852. The Kier molecular flexibility index (Phi) is 6.78. The zero-order valence-electron chi connectivity index (χ0n) is 22.4. The standard InChI is InChI=1S/C31H34N4OS/c1-7-36-25-13-11-24(12-14-25)35-30(28(33-31(35)37)27-10-8-9-15-32-27)26-18-22(5)34(23(26)6)29-20(3)16-19(2)17-21(29)4/h8-18,28,30H,7H2,1-6H3,(H,33,37)/t28-,30-/m1/s1. The van der Waals surface area contributed by atoms with Gasteiger partial charge in [0.2, 0.25) is 0 Å². The Labute approximate surface area is 225 Å². The highest BCUT2D eigenvalue weighted by Crippen LogP contribution is 2.44.